The maximum Gasteiger partial charge on any atom is 0.324 e. The Kier molecular flexibility index (Phi) is 9.51. The topological polar surface area (TPSA) is 209 Å². The number of fused-ring (bicyclic) bond motifs is 2. The predicted molar refractivity (Wildman–Crippen MR) is 222 cm³/mol. The number of carboxylic acid groups (broad SMARTS) is 1. The standard InChI is InChI=1S/C44H44N10O7/c45-38-36-37(26-6-9-31(10-7-26)61-30-4-2-1-3-5-30)49-54(39(36)47-25-46-38)27-14-18-52(19-15-27)44(43(59)60)16-20-50(21-17-44)29-23-51(24-29)28-8-11-32-33(22-28)42(58)53(41(32)57)34-12-13-35(55)48-40(34)56/h1-11,22,25,27,29,34H,12-21,23-24H2,(H,59,60)(H2,45,46,47)(H,48,55,56). The molecule has 5 aliphatic rings. The average Bonchev–Trinajstić information content (AvgIpc) is 3.76. The number of para-hydroxylation sites is 1. The van der Waals surface area contributed by atoms with Gasteiger partial charge in [-0.25, -0.2) is 14.6 Å². The van der Waals surface area contributed by atoms with Crippen molar-refractivity contribution in [1.29, 1.82) is 0 Å². The van der Waals surface area contributed by atoms with Gasteiger partial charge in [0, 0.05) is 63.0 Å². The van der Waals surface area contributed by atoms with E-state index in [4.69, 9.17) is 15.6 Å². The number of nitrogens with two attached hydrogens (primary N) is 1. The van der Waals surface area contributed by atoms with Crippen molar-refractivity contribution in [2.45, 2.75) is 62.2 Å². The van der Waals surface area contributed by atoms with E-state index in [9.17, 15) is 29.1 Å². The van der Waals surface area contributed by atoms with Gasteiger partial charge in [-0.15, -0.1) is 0 Å². The smallest absolute Gasteiger partial charge is 0.324 e. The normalized spacial score (nSPS) is 21.4. The van der Waals surface area contributed by atoms with Gasteiger partial charge in [-0.1, -0.05) is 18.2 Å². The van der Waals surface area contributed by atoms with Gasteiger partial charge in [-0.05, 0) is 86.7 Å². The van der Waals surface area contributed by atoms with Crippen molar-refractivity contribution in [2.24, 2.45) is 0 Å². The molecule has 0 saturated carbocycles. The Bertz CT molecular complexity index is 2580. The molecule has 2 aromatic heterocycles. The van der Waals surface area contributed by atoms with E-state index < -0.39 is 41.2 Å². The largest absolute Gasteiger partial charge is 0.480 e. The van der Waals surface area contributed by atoms with E-state index >= 15 is 0 Å². The first kappa shape index (κ1) is 38.5. The highest BCUT2D eigenvalue weighted by Crippen LogP contribution is 2.40. The number of hydrogen-bond donors (Lipinski definition) is 3. The molecule has 1 atom stereocenters. The molecule has 4 fully saturated rings. The van der Waals surface area contributed by atoms with E-state index in [1.165, 1.54) is 6.33 Å². The van der Waals surface area contributed by atoms with Crippen LogP contribution in [0.4, 0.5) is 11.5 Å². The Balaban J connectivity index is 0.770. The van der Waals surface area contributed by atoms with Crippen LogP contribution in [0.15, 0.2) is 79.1 Å². The summed E-state index contributed by atoms with van der Waals surface area (Å²) >= 11 is 0. The molecule has 61 heavy (non-hydrogen) atoms. The van der Waals surface area contributed by atoms with Gasteiger partial charge >= 0.3 is 5.97 Å². The van der Waals surface area contributed by atoms with Gasteiger partial charge in [0.15, 0.2) is 5.65 Å². The fourth-order valence-electron chi connectivity index (χ4n) is 9.77. The number of nitrogens with one attached hydrogen (secondary N) is 1. The molecule has 3 aromatic carbocycles. The zero-order valence-corrected chi connectivity index (χ0v) is 33.3. The number of anilines is 2. The lowest BCUT2D eigenvalue weighted by Crippen LogP contribution is -2.66. The molecule has 0 radical (unpaired) electrons. The molecule has 5 aromatic rings. The van der Waals surface area contributed by atoms with Crippen LogP contribution in [0.2, 0.25) is 0 Å². The van der Waals surface area contributed by atoms with Crippen molar-refractivity contribution in [3.05, 3.63) is 90.3 Å². The molecule has 7 heterocycles. The van der Waals surface area contributed by atoms with E-state index in [0.717, 1.165) is 21.9 Å². The highest BCUT2D eigenvalue weighted by atomic mass is 16.5. The van der Waals surface area contributed by atoms with E-state index in [1.807, 2.05) is 65.3 Å². The van der Waals surface area contributed by atoms with Crippen molar-refractivity contribution >= 4 is 52.1 Å². The van der Waals surface area contributed by atoms with Crippen molar-refractivity contribution < 1.29 is 33.8 Å². The number of carbonyl (C=O) groups excluding carboxylic acids is 4. The van der Waals surface area contributed by atoms with Crippen LogP contribution in [0.3, 0.4) is 0 Å². The molecule has 5 aliphatic heterocycles. The Morgan fingerprint density at radius 3 is 2.23 bits per heavy atom. The van der Waals surface area contributed by atoms with E-state index in [2.05, 4.69) is 30.0 Å². The van der Waals surface area contributed by atoms with Gasteiger partial charge in [0.2, 0.25) is 11.8 Å². The number of rotatable bonds is 9. The molecule has 0 aliphatic carbocycles. The Labute approximate surface area is 350 Å². The third-order valence-electron chi connectivity index (χ3n) is 13.2. The van der Waals surface area contributed by atoms with Crippen LogP contribution in [0.5, 0.6) is 11.5 Å². The van der Waals surface area contributed by atoms with Gasteiger partial charge in [-0.3, -0.25) is 44.0 Å². The zero-order valence-electron chi connectivity index (χ0n) is 33.3. The maximum absolute atomic E-state index is 13.4. The first-order valence-corrected chi connectivity index (χ1v) is 20.7. The number of amides is 4. The number of aromatic nitrogens is 4. The number of likely N-dealkylation sites (tertiary alicyclic amines) is 2. The number of hydrogen-bond acceptors (Lipinski definition) is 13. The lowest BCUT2D eigenvalue weighted by Gasteiger charge is -2.53. The van der Waals surface area contributed by atoms with Crippen LogP contribution in [-0.4, -0.2) is 126 Å². The summed E-state index contributed by atoms with van der Waals surface area (Å²) in [6.07, 6.45) is 4.00. The summed E-state index contributed by atoms with van der Waals surface area (Å²) in [5, 5.41) is 18.7. The molecular formula is C44H44N10O7. The number of carbonyl (C=O) groups is 5. The lowest BCUT2D eigenvalue weighted by atomic mass is 9.82. The third kappa shape index (κ3) is 6.64. The molecular weight excluding hydrogens is 781 g/mol. The second-order valence-corrected chi connectivity index (χ2v) is 16.5. The quantitative estimate of drug-likeness (QED) is 0.181. The molecule has 17 nitrogen and oxygen atoms in total. The highest BCUT2D eigenvalue weighted by Gasteiger charge is 2.50. The van der Waals surface area contributed by atoms with Gasteiger partial charge in [0.25, 0.3) is 11.8 Å². The number of carboxylic acids is 1. The fraction of sp³-hybridized carbons (Fsp3) is 0.364. The maximum atomic E-state index is 13.4. The van der Waals surface area contributed by atoms with Gasteiger partial charge < -0.3 is 20.5 Å². The third-order valence-corrected chi connectivity index (χ3v) is 13.2. The number of aliphatic carboxylic acids is 1. The zero-order chi connectivity index (χ0) is 42.0. The second-order valence-electron chi connectivity index (χ2n) is 16.5. The van der Waals surface area contributed by atoms with Crippen molar-refractivity contribution in [3.63, 3.8) is 0 Å². The Morgan fingerprint density at radius 1 is 0.820 bits per heavy atom. The first-order chi connectivity index (χ1) is 29.6. The summed E-state index contributed by atoms with van der Waals surface area (Å²) in [6, 6.07) is 21.6. The number of benzene rings is 3. The number of imide groups is 2. The predicted octanol–water partition coefficient (Wildman–Crippen LogP) is 3.71. The minimum Gasteiger partial charge on any atom is -0.480 e. The monoisotopic (exact) mass is 824 g/mol. The molecule has 10 rings (SSSR count). The number of ether oxygens (including phenoxy) is 1. The molecule has 17 heteroatoms. The molecule has 0 spiro atoms. The summed E-state index contributed by atoms with van der Waals surface area (Å²) in [4.78, 5) is 80.3. The number of piperidine rings is 3. The van der Waals surface area contributed by atoms with Crippen molar-refractivity contribution in [2.75, 3.05) is 49.9 Å². The molecule has 312 valence electrons. The van der Waals surface area contributed by atoms with Crippen LogP contribution < -0.4 is 20.7 Å². The summed E-state index contributed by atoms with van der Waals surface area (Å²) in [7, 11) is 0. The number of nitrogen functional groups attached to an aromatic ring is 1. The SMILES string of the molecule is Nc1ncnc2c1c(-c1ccc(Oc3ccccc3)cc1)nn2C1CCN(C2(C(=O)O)CCN(C3CN(c4ccc5c(c4)C(=O)N(C4CCC(=O)NC4=O)C5=O)C3)CC2)CC1. The first-order valence-electron chi connectivity index (χ1n) is 20.7. The fourth-order valence-corrected chi connectivity index (χ4v) is 9.77. The minimum atomic E-state index is -1.01. The average molecular weight is 825 g/mol. The van der Waals surface area contributed by atoms with Crippen LogP contribution in [0.25, 0.3) is 22.3 Å². The Hall–Kier alpha value is -6.72. The van der Waals surface area contributed by atoms with Crippen LogP contribution in [-0.2, 0) is 14.4 Å². The van der Waals surface area contributed by atoms with Crippen LogP contribution in [0, 0.1) is 0 Å². The number of nitrogens with zero attached hydrogens (tertiary/aromatic N) is 8. The summed E-state index contributed by atoms with van der Waals surface area (Å²) in [6.45, 7) is 3.86. The van der Waals surface area contributed by atoms with Gasteiger partial charge in [0.1, 0.15) is 40.9 Å². The van der Waals surface area contributed by atoms with Crippen molar-refractivity contribution in [1.82, 2.24) is 39.8 Å². The van der Waals surface area contributed by atoms with Crippen LogP contribution in [0.1, 0.15) is 65.3 Å². The molecule has 4 N–H and O–H groups in total. The molecule has 4 amide bonds. The lowest BCUT2D eigenvalue weighted by molar-refractivity contribution is -0.157. The summed E-state index contributed by atoms with van der Waals surface area (Å²) in [5.74, 6) is -1.13. The van der Waals surface area contributed by atoms with E-state index in [-0.39, 0.29) is 36.1 Å². The van der Waals surface area contributed by atoms with Gasteiger partial charge in [0.05, 0.1) is 22.6 Å². The van der Waals surface area contributed by atoms with Crippen LogP contribution >= 0.6 is 0 Å². The summed E-state index contributed by atoms with van der Waals surface area (Å²) < 4.78 is 7.93. The molecule has 0 bridgehead atoms. The minimum absolute atomic E-state index is 0.0116. The van der Waals surface area contributed by atoms with Crippen molar-refractivity contribution in [3.8, 4) is 22.8 Å². The van der Waals surface area contributed by atoms with Gasteiger partial charge in [-0.2, -0.15) is 5.10 Å². The Morgan fingerprint density at radius 2 is 1.52 bits per heavy atom. The van der Waals surface area contributed by atoms with E-state index in [1.54, 1.807) is 12.1 Å². The summed E-state index contributed by atoms with van der Waals surface area (Å²) in [5.41, 5.74) is 8.95. The van der Waals surface area contributed by atoms with E-state index in [0.29, 0.717) is 93.2 Å². The second kappa shape index (κ2) is 15.1. The molecule has 4 saturated heterocycles. The molecule has 1 unspecified atom stereocenters. The highest BCUT2D eigenvalue weighted by molar-refractivity contribution is 6.23.